The molecule has 0 amide bonds. The average molecular weight is 499 g/mol. The van der Waals surface area contributed by atoms with Crippen molar-refractivity contribution in [2.24, 2.45) is 0 Å². The molecule has 0 saturated heterocycles. The topological polar surface area (TPSA) is 49.5 Å². The number of benzene rings is 3. The Morgan fingerprint density at radius 1 is 1.03 bits per heavy atom. The molecule has 1 aliphatic heterocycles. The Labute approximate surface area is 187 Å². The maximum absolute atomic E-state index is 13.1. The van der Waals surface area contributed by atoms with Crippen molar-refractivity contribution in [3.63, 3.8) is 0 Å². The summed E-state index contributed by atoms with van der Waals surface area (Å²) in [7, 11) is 1.91. The van der Waals surface area contributed by atoms with Crippen LogP contribution in [-0.4, -0.2) is 34.8 Å². The normalized spacial score (nSPS) is 12.7. The number of aromatic hydroxyl groups is 1. The van der Waals surface area contributed by atoms with E-state index in [1.165, 1.54) is 0 Å². The SMILES string of the molecule is C[N+]1=C(C(=O)c2ccccc2)c2cc(O)c(OCc3ccccc3)cc2CC1.[I-]. The smallest absolute Gasteiger partial charge is 0.256 e. The predicted molar refractivity (Wildman–Crippen MR) is 109 cm³/mol. The van der Waals surface area contributed by atoms with Gasteiger partial charge in [-0.1, -0.05) is 60.7 Å². The molecule has 0 bridgehead atoms. The third-order valence-electron chi connectivity index (χ3n) is 5.03. The molecule has 3 aromatic carbocycles. The first-order valence-corrected chi connectivity index (χ1v) is 9.34. The van der Waals surface area contributed by atoms with Crippen molar-refractivity contribution in [2.75, 3.05) is 13.6 Å². The number of hydrogen-bond acceptors (Lipinski definition) is 3. The molecule has 3 aromatic rings. The molecular formula is C24H22INO3. The van der Waals surface area contributed by atoms with Gasteiger partial charge in [0.25, 0.3) is 11.5 Å². The number of phenols is 1. The molecule has 4 nitrogen and oxygen atoms in total. The van der Waals surface area contributed by atoms with Crippen LogP contribution in [0.5, 0.6) is 11.5 Å². The average Bonchev–Trinajstić information content (AvgIpc) is 2.73. The van der Waals surface area contributed by atoms with E-state index in [0.717, 1.165) is 29.7 Å². The van der Waals surface area contributed by atoms with Crippen molar-refractivity contribution in [3.8, 4) is 11.5 Å². The quantitative estimate of drug-likeness (QED) is 0.322. The zero-order valence-electron chi connectivity index (χ0n) is 16.1. The highest BCUT2D eigenvalue weighted by molar-refractivity contribution is 6.50. The van der Waals surface area contributed by atoms with Crippen molar-refractivity contribution in [2.45, 2.75) is 13.0 Å². The number of fused-ring (bicyclic) bond motifs is 1. The van der Waals surface area contributed by atoms with Gasteiger partial charge in [-0.15, -0.1) is 0 Å². The molecule has 0 saturated carbocycles. The number of nitrogens with zero attached hydrogens (tertiary/aromatic N) is 1. The van der Waals surface area contributed by atoms with Gasteiger partial charge in [-0.25, -0.2) is 4.58 Å². The molecule has 29 heavy (non-hydrogen) atoms. The van der Waals surface area contributed by atoms with E-state index in [1.807, 2.05) is 78.4 Å². The summed E-state index contributed by atoms with van der Waals surface area (Å²) in [6.07, 6.45) is 0.791. The molecule has 0 aromatic heterocycles. The number of hydrogen-bond donors (Lipinski definition) is 1. The summed E-state index contributed by atoms with van der Waals surface area (Å²) in [5.41, 5.74) is 4.06. The summed E-state index contributed by atoms with van der Waals surface area (Å²) in [6.45, 7) is 1.12. The molecule has 0 radical (unpaired) electrons. The minimum atomic E-state index is -0.0404. The van der Waals surface area contributed by atoms with Crippen LogP contribution in [0.15, 0.2) is 72.8 Å². The number of carbonyl (C=O) groups excluding carboxylic acids is 1. The summed E-state index contributed by atoms with van der Waals surface area (Å²) in [5, 5.41) is 10.5. The van der Waals surface area contributed by atoms with Gasteiger partial charge < -0.3 is 33.8 Å². The third-order valence-corrected chi connectivity index (χ3v) is 5.03. The molecule has 148 valence electrons. The van der Waals surface area contributed by atoms with Crippen molar-refractivity contribution in [3.05, 3.63) is 95.1 Å². The van der Waals surface area contributed by atoms with E-state index < -0.39 is 0 Å². The lowest BCUT2D eigenvalue weighted by Gasteiger charge is -2.18. The lowest BCUT2D eigenvalue weighted by Crippen LogP contribution is -3.00. The Hall–Kier alpha value is -2.67. The number of carbonyl (C=O) groups is 1. The highest BCUT2D eigenvalue weighted by atomic mass is 127. The molecule has 0 spiro atoms. The van der Waals surface area contributed by atoms with E-state index in [9.17, 15) is 9.90 Å². The molecule has 0 atom stereocenters. The number of rotatable bonds is 5. The Morgan fingerprint density at radius 2 is 1.69 bits per heavy atom. The van der Waals surface area contributed by atoms with Crippen LogP contribution in [0.2, 0.25) is 0 Å². The number of likely N-dealkylation sites (N-methyl/N-ethyl adjacent to an activating group) is 1. The fourth-order valence-corrected chi connectivity index (χ4v) is 3.52. The van der Waals surface area contributed by atoms with Gasteiger partial charge in [0.05, 0.1) is 5.56 Å². The molecule has 1 aliphatic rings. The second-order valence-electron chi connectivity index (χ2n) is 6.97. The van der Waals surface area contributed by atoms with E-state index in [1.54, 1.807) is 6.07 Å². The molecule has 5 heteroatoms. The largest absolute Gasteiger partial charge is 1.00 e. The van der Waals surface area contributed by atoms with Crippen molar-refractivity contribution in [1.82, 2.24) is 0 Å². The maximum Gasteiger partial charge on any atom is 0.256 e. The predicted octanol–water partition coefficient (Wildman–Crippen LogP) is 0.846. The molecule has 0 unspecified atom stereocenters. The van der Waals surface area contributed by atoms with E-state index in [4.69, 9.17) is 4.74 Å². The van der Waals surface area contributed by atoms with E-state index in [2.05, 4.69) is 0 Å². The second-order valence-corrected chi connectivity index (χ2v) is 6.97. The molecular weight excluding hydrogens is 477 g/mol. The first-order chi connectivity index (χ1) is 13.6. The molecule has 1 heterocycles. The number of Topliss-reactive ketones (excluding diaryl/α,β-unsaturated/α-hetero) is 1. The van der Waals surface area contributed by atoms with Crippen molar-refractivity contribution in [1.29, 1.82) is 0 Å². The number of ketones is 1. The summed E-state index contributed by atoms with van der Waals surface area (Å²) < 4.78 is 7.80. The van der Waals surface area contributed by atoms with Gasteiger partial charge in [0.1, 0.15) is 20.2 Å². The fourth-order valence-electron chi connectivity index (χ4n) is 3.52. The minimum Gasteiger partial charge on any atom is -1.00 e. The zero-order chi connectivity index (χ0) is 19.5. The van der Waals surface area contributed by atoms with E-state index >= 15 is 0 Å². The van der Waals surface area contributed by atoms with Gasteiger partial charge >= 0.3 is 0 Å². The molecule has 0 fully saturated rings. The first-order valence-electron chi connectivity index (χ1n) is 9.34. The van der Waals surface area contributed by atoms with Gasteiger partial charge in [-0.05, 0) is 23.3 Å². The Kier molecular flexibility index (Phi) is 6.69. The van der Waals surface area contributed by atoms with Crippen molar-refractivity contribution < 1.29 is 43.2 Å². The van der Waals surface area contributed by atoms with Crippen molar-refractivity contribution >= 4 is 11.5 Å². The maximum atomic E-state index is 13.1. The van der Waals surface area contributed by atoms with Gasteiger partial charge in [0, 0.05) is 12.0 Å². The van der Waals surface area contributed by atoms with Crippen LogP contribution in [-0.2, 0) is 13.0 Å². The number of phenolic OH excluding ortho intramolecular Hbond substituents is 1. The third kappa shape index (κ3) is 4.50. The highest BCUT2D eigenvalue weighted by Gasteiger charge is 2.31. The van der Waals surface area contributed by atoms with Gasteiger partial charge in [0.15, 0.2) is 11.5 Å². The zero-order valence-corrected chi connectivity index (χ0v) is 18.3. The Balaban J connectivity index is 0.00000240. The number of ether oxygens (including phenoxy) is 1. The lowest BCUT2D eigenvalue weighted by atomic mass is 9.91. The fraction of sp³-hybridized carbons (Fsp3) is 0.167. The van der Waals surface area contributed by atoms with Crippen LogP contribution in [0.25, 0.3) is 0 Å². The van der Waals surface area contributed by atoms with Crippen LogP contribution in [0.1, 0.15) is 27.0 Å². The summed E-state index contributed by atoms with van der Waals surface area (Å²) in [6, 6.07) is 22.6. The second kappa shape index (κ2) is 9.22. The summed E-state index contributed by atoms with van der Waals surface area (Å²) in [4.78, 5) is 13.1. The lowest BCUT2D eigenvalue weighted by molar-refractivity contribution is -0.496. The van der Waals surface area contributed by atoms with Crippen LogP contribution < -0.4 is 28.7 Å². The molecule has 0 aliphatic carbocycles. The minimum absolute atomic E-state index is 0. The van der Waals surface area contributed by atoms with Crippen LogP contribution >= 0.6 is 0 Å². The molecule has 1 N–H and O–H groups in total. The molecule has 4 rings (SSSR count). The Bertz CT molecular complexity index is 1050. The summed E-state index contributed by atoms with van der Waals surface area (Å²) >= 11 is 0. The van der Waals surface area contributed by atoms with Crippen LogP contribution in [0, 0.1) is 0 Å². The van der Waals surface area contributed by atoms with E-state index in [-0.39, 0.29) is 35.5 Å². The highest BCUT2D eigenvalue weighted by Crippen LogP contribution is 2.33. The van der Waals surface area contributed by atoms with Gasteiger partial charge in [0.2, 0.25) is 0 Å². The summed E-state index contributed by atoms with van der Waals surface area (Å²) in [5.74, 6) is 0.448. The van der Waals surface area contributed by atoms with Crippen LogP contribution in [0.4, 0.5) is 0 Å². The Morgan fingerprint density at radius 3 is 2.38 bits per heavy atom. The number of halogens is 1. The standard InChI is InChI=1S/C24H21NO3.HI/c1-25-13-12-19-14-22(28-16-17-8-4-2-5-9-17)21(26)15-20(19)23(25)24(27)18-10-6-3-7-11-18;/h2-11,14-15H,12-13,16H2,1H3;1H. The first kappa shape index (κ1) is 21.0. The van der Waals surface area contributed by atoms with Gasteiger partial charge in [-0.2, -0.15) is 0 Å². The monoisotopic (exact) mass is 499 g/mol. The van der Waals surface area contributed by atoms with Crippen LogP contribution in [0.3, 0.4) is 0 Å². The van der Waals surface area contributed by atoms with Gasteiger partial charge in [-0.3, -0.25) is 4.79 Å². The van der Waals surface area contributed by atoms with E-state index in [0.29, 0.717) is 23.6 Å².